The molecule has 1 aromatic carbocycles. The summed E-state index contributed by atoms with van der Waals surface area (Å²) in [5.41, 5.74) is -0.0810. The highest BCUT2D eigenvalue weighted by molar-refractivity contribution is 5.98. The lowest BCUT2D eigenvalue weighted by atomic mass is 9.99. The van der Waals surface area contributed by atoms with Crippen molar-refractivity contribution in [2.75, 3.05) is 20.2 Å². The number of carbonyl (C=O) groups is 1. The Morgan fingerprint density at radius 3 is 2.95 bits per heavy atom. The van der Waals surface area contributed by atoms with E-state index in [1.807, 2.05) is 0 Å². The van der Waals surface area contributed by atoms with Crippen LogP contribution in [0, 0.1) is 27.4 Å². The molecule has 110 valence electrons. The molecule has 2 rings (SSSR count). The molecule has 0 aromatic heterocycles. The van der Waals surface area contributed by atoms with E-state index < -0.39 is 4.92 Å². The van der Waals surface area contributed by atoms with E-state index >= 15 is 0 Å². The zero-order chi connectivity index (χ0) is 15.4. The van der Waals surface area contributed by atoms with Crippen LogP contribution in [-0.4, -0.2) is 35.9 Å². The molecule has 1 heterocycles. The minimum absolute atomic E-state index is 0.0356. The van der Waals surface area contributed by atoms with Crippen LogP contribution in [0.3, 0.4) is 0 Å². The first-order valence-electron chi connectivity index (χ1n) is 6.58. The molecule has 0 saturated carbocycles. The fraction of sp³-hybridized carbons (Fsp3) is 0.429. The SMILES string of the molecule is COc1c(C(=O)N2CCCC(C#N)C2)cccc1[N+](=O)[O-]. The van der Waals surface area contributed by atoms with Crippen LogP contribution in [0.2, 0.25) is 0 Å². The number of nitro groups is 1. The van der Waals surface area contributed by atoms with Crippen LogP contribution >= 0.6 is 0 Å². The van der Waals surface area contributed by atoms with Gasteiger partial charge in [0.05, 0.1) is 29.6 Å². The molecule has 0 N–H and O–H groups in total. The fourth-order valence-electron chi connectivity index (χ4n) is 2.49. The van der Waals surface area contributed by atoms with Crippen molar-refractivity contribution in [2.24, 2.45) is 5.92 Å². The minimum atomic E-state index is -0.579. The Labute approximate surface area is 121 Å². The largest absolute Gasteiger partial charge is 0.490 e. The van der Waals surface area contributed by atoms with Gasteiger partial charge in [-0.15, -0.1) is 0 Å². The predicted molar refractivity (Wildman–Crippen MR) is 73.9 cm³/mol. The Morgan fingerprint density at radius 2 is 2.33 bits per heavy atom. The molecule has 1 aromatic rings. The number of nitriles is 1. The Bertz CT molecular complexity index is 609. The smallest absolute Gasteiger partial charge is 0.311 e. The Balaban J connectivity index is 2.33. The summed E-state index contributed by atoms with van der Waals surface area (Å²) in [6, 6.07) is 6.42. The highest BCUT2D eigenvalue weighted by Crippen LogP contribution is 2.32. The maximum absolute atomic E-state index is 12.5. The topological polar surface area (TPSA) is 96.5 Å². The van der Waals surface area contributed by atoms with E-state index in [1.54, 1.807) is 4.90 Å². The lowest BCUT2D eigenvalue weighted by molar-refractivity contribution is -0.385. The van der Waals surface area contributed by atoms with Crippen molar-refractivity contribution in [2.45, 2.75) is 12.8 Å². The highest BCUT2D eigenvalue weighted by Gasteiger charge is 2.29. The van der Waals surface area contributed by atoms with E-state index in [-0.39, 0.29) is 28.8 Å². The summed E-state index contributed by atoms with van der Waals surface area (Å²) in [5, 5.41) is 20.0. The van der Waals surface area contributed by atoms with Gasteiger partial charge in [-0.3, -0.25) is 14.9 Å². The molecule has 0 spiro atoms. The van der Waals surface area contributed by atoms with Gasteiger partial charge >= 0.3 is 5.69 Å². The maximum atomic E-state index is 12.5. The lowest BCUT2D eigenvalue weighted by Gasteiger charge is -2.29. The number of benzene rings is 1. The van der Waals surface area contributed by atoms with Gasteiger partial charge in [-0.2, -0.15) is 5.26 Å². The van der Waals surface area contributed by atoms with Crippen LogP contribution in [0.25, 0.3) is 0 Å². The van der Waals surface area contributed by atoms with Crippen molar-refractivity contribution in [3.8, 4) is 11.8 Å². The number of methoxy groups -OCH3 is 1. The molecule has 7 heteroatoms. The van der Waals surface area contributed by atoms with E-state index in [1.165, 1.54) is 25.3 Å². The van der Waals surface area contributed by atoms with Crippen LogP contribution in [0.5, 0.6) is 5.75 Å². The van der Waals surface area contributed by atoms with Gasteiger partial charge in [0.25, 0.3) is 5.91 Å². The lowest BCUT2D eigenvalue weighted by Crippen LogP contribution is -2.39. The number of nitro benzene ring substituents is 1. The molecule has 1 aliphatic rings. The molecule has 0 bridgehead atoms. The number of nitrogens with zero attached hydrogens (tertiary/aromatic N) is 3. The summed E-state index contributed by atoms with van der Waals surface area (Å²) in [7, 11) is 1.30. The van der Waals surface area contributed by atoms with E-state index in [0.29, 0.717) is 13.1 Å². The van der Waals surface area contributed by atoms with Gasteiger partial charge < -0.3 is 9.64 Å². The molecule has 0 aliphatic carbocycles. The van der Waals surface area contributed by atoms with Crippen molar-refractivity contribution >= 4 is 11.6 Å². The molecular weight excluding hydrogens is 274 g/mol. The minimum Gasteiger partial charge on any atom is -0.490 e. The molecule has 1 saturated heterocycles. The average Bonchev–Trinajstić information content (AvgIpc) is 2.53. The van der Waals surface area contributed by atoms with Crippen LogP contribution < -0.4 is 4.74 Å². The fourth-order valence-corrected chi connectivity index (χ4v) is 2.49. The monoisotopic (exact) mass is 289 g/mol. The summed E-state index contributed by atoms with van der Waals surface area (Å²) in [6.45, 7) is 0.893. The van der Waals surface area contributed by atoms with Gasteiger partial charge in [-0.05, 0) is 18.9 Å². The Hall–Kier alpha value is -2.62. The molecular formula is C14H15N3O4. The number of amides is 1. The van der Waals surface area contributed by atoms with Gasteiger partial charge in [-0.1, -0.05) is 6.07 Å². The zero-order valence-corrected chi connectivity index (χ0v) is 11.6. The number of piperidine rings is 1. The van der Waals surface area contributed by atoms with Crippen molar-refractivity contribution in [3.05, 3.63) is 33.9 Å². The van der Waals surface area contributed by atoms with Crippen LogP contribution in [0.1, 0.15) is 23.2 Å². The van der Waals surface area contributed by atoms with E-state index in [0.717, 1.165) is 12.8 Å². The first-order valence-corrected chi connectivity index (χ1v) is 6.58. The molecule has 1 atom stereocenters. The molecule has 1 fully saturated rings. The second-order valence-corrected chi connectivity index (χ2v) is 4.83. The standard InChI is InChI=1S/C14H15N3O4/c1-21-13-11(5-2-6-12(13)17(19)20)14(18)16-7-3-4-10(8-15)9-16/h2,5-6,10H,3-4,7,9H2,1H3. The first-order chi connectivity index (χ1) is 10.1. The number of rotatable bonds is 3. The number of likely N-dealkylation sites (tertiary alicyclic amines) is 1. The Kier molecular flexibility index (Phi) is 4.38. The van der Waals surface area contributed by atoms with Gasteiger partial charge in [0, 0.05) is 19.2 Å². The maximum Gasteiger partial charge on any atom is 0.311 e. The molecule has 1 amide bonds. The Morgan fingerprint density at radius 1 is 1.57 bits per heavy atom. The molecule has 21 heavy (non-hydrogen) atoms. The zero-order valence-electron chi connectivity index (χ0n) is 11.6. The van der Waals surface area contributed by atoms with Crippen LogP contribution in [0.4, 0.5) is 5.69 Å². The second-order valence-electron chi connectivity index (χ2n) is 4.83. The van der Waals surface area contributed by atoms with Crippen molar-refractivity contribution < 1.29 is 14.5 Å². The summed E-state index contributed by atoms with van der Waals surface area (Å²) < 4.78 is 5.05. The van der Waals surface area contributed by atoms with Gasteiger partial charge in [0.1, 0.15) is 0 Å². The van der Waals surface area contributed by atoms with Crippen LogP contribution in [-0.2, 0) is 0 Å². The summed E-state index contributed by atoms with van der Waals surface area (Å²) in [6.07, 6.45) is 1.52. The first kappa shape index (κ1) is 14.8. The average molecular weight is 289 g/mol. The van der Waals surface area contributed by atoms with Gasteiger partial charge in [0.2, 0.25) is 5.75 Å². The van der Waals surface area contributed by atoms with Crippen molar-refractivity contribution in [1.82, 2.24) is 4.90 Å². The van der Waals surface area contributed by atoms with E-state index in [9.17, 15) is 14.9 Å². The normalized spacial score (nSPS) is 17.9. The number of ether oxygens (including phenoxy) is 1. The molecule has 1 aliphatic heterocycles. The third kappa shape index (κ3) is 2.94. The highest BCUT2D eigenvalue weighted by atomic mass is 16.6. The number of para-hydroxylation sites is 1. The molecule has 1 unspecified atom stereocenters. The van der Waals surface area contributed by atoms with Crippen LogP contribution in [0.15, 0.2) is 18.2 Å². The quantitative estimate of drug-likeness (QED) is 0.626. The third-order valence-electron chi connectivity index (χ3n) is 3.52. The van der Waals surface area contributed by atoms with E-state index in [2.05, 4.69) is 6.07 Å². The molecule has 0 radical (unpaired) electrons. The summed E-state index contributed by atoms with van der Waals surface area (Å²) in [5.74, 6) is -0.561. The van der Waals surface area contributed by atoms with E-state index in [4.69, 9.17) is 10.00 Å². The predicted octanol–water partition coefficient (Wildman–Crippen LogP) is 1.98. The van der Waals surface area contributed by atoms with Crippen molar-refractivity contribution in [3.63, 3.8) is 0 Å². The number of hydrogen-bond acceptors (Lipinski definition) is 5. The second kappa shape index (κ2) is 6.22. The number of hydrogen-bond donors (Lipinski definition) is 0. The van der Waals surface area contributed by atoms with Gasteiger partial charge in [-0.25, -0.2) is 0 Å². The van der Waals surface area contributed by atoms with Crippen molar-refractivity contribution in [1.29, 1.82) is 5.26 Å². The summed E-state index contributed by atoms with van der Waals surface area (Å²) in [4.78, 5) is 24.5. The third-order valence-corrected chi connectivity index (χ3v) is 3.52. The van der Waals surface area contributed by atoms with Gasteiger partial charge in [0.15, 0.2) is 0 Å². The number of carbonyl (C=O) groups excluding carboxylic acids is 1. The summed E-state index contributed by atoms with van der Waals surface area (Å²) >= 11 is 0. The molecule has 7 nitrogen and oxygen atoms in total.